The van der Waals surface area contributed by atoms with Gasteiger partial charge in [-0.15, -0.1) is 0 Å². The molecule has 3 aromatic rings. The summed E-state index contributed by atoms with van der Waals surface area (Å²) in [6.45, 7) is 1.02. The first-order valence-corrected chi connectivity index (χ1v) is 10.2. The van der Waals surface area contributed by atoms with Crippen molar-refractivity contribution in [3.8, 4) is 0 Å². The molecular formula is C23H22N4O5. The van der Waals surface area contributed by atoms with Gasteiger partial charge in [-0.1, -0.05) is 18.2 Å². The van der Waals surface area contributed by atoms with E-state index in [2.05, 4.69) is 10.6 Å². The summed E-state index contributed by atoms with van der Waals surface area (Å²) in [4.78, 5) is 37.9. The second-order valence-electron chi connectivity index (χ2n) is 7.53. The molecule has 164 valence electrons. The Morgan fingerprint density at radius 1 is 1.03 bits per heavy atom. The number of rotatable bonds is 6. The molecule has 0 atom stereocenters. The number of furan rings is 1. The average Bonchev–Trinajstić information content (AvgIpc) is 3.35. The van der Waals surface area contributed by atoms with Crippen molar-refractivity contribution in [2.45, 2.75) is 18.9 Å². The van der Waals surface area contributed by atoms with Gasteiger partial charge in [0.1, 0.15) is 12.0 Å². The summed E-state index contributed by atoms with van der Waals surface area (Å²) in [5, 5.41) is 17.5. The van der Waals surface area contributed by atoms with Crippen LogP contribution in [0.5, 0.6) is 0 Å². The van der Waals surface area contributed by atoms with Crippen LogP contribution in [0, 0.1) is 10.1 Å². The minimum Gasteiger partial charge on any atom is -0.472 e. The van der Waals surface area contributed by atoms with Gasteiger partial charge in [0.05, 0.1) is 16.7 Å². The van der Waals surface area contributed by atoms with E-state index in [-0.39, 0.29) is 29.1 Å². The Hall–Kier alpha value is -4.14. The molecule has 1 fully saturated rings. The molecule has 2 amide bonds. The summed E-state index contributed by atoms with van der Waals surface area (Å²) in [6, 6.07) is 15.0. The van der Waals surface area contributed by atoms with Crippen molar-refractivity contribution < 1.29 is 18.9 Å². The molecule has 1 aliphatic rings. The number of para-hydroxylation sites is 1. The lowest BCUT2D eigenvalue weighted by Gasteiger charge is -2.32. The molecule has 9 nitrogen and oxygen atoms in total. The number of nitro benzene ring substituents is 1. The fourth-order valence-corrected chi connectivity index (χ4v) is 3.67. The van der Waals surface area contributed by atoms with E-state index >= 15 is 0 Å². The highest BCUT2D eigenvalue weighted by Gasteiger charge is 2.26. The van der Waals surface area contributed by atoms with Crippen molar-refractivity contribution in [3.05, 3.63) is 88.4 Å². The van der Waals surface area contributed by atoms with Crippen LogP contribution in [-0.4, -0.2) is 40.8 Å². The molecule has 2 aromatic carbocycles. The first kappa shape index (κ1) is 21.1. The smallest absolute Gasteiger partial charge is 0.293 e. The molecule has 2 N–H and O–H groups in total. The number of amides is 2. The van der Waals surface area contributed by atoms with E-state index in [0.29, 0.717) is 42.9 Å². The van der Waals surface area contributed by atoms with Crippen molar-refractivity contribution in [2.75, 3.05) is 18.4 Å². The molecule has 0 unspecified atom stereocenters. The van der Waals surface area contributed by atoms with Crippen LogP contribution in [0.1, 0.15) is 33.6 Å². The van der Waals surface area contributed by atoms with Crippen LogP contribution in [0.15, 0.2) is 71.5 Å². The SMILES string of the molecule is O=C(NC1CCN(C(=O)c2ccoc2)CC1)c1ccc(Nc2ccccc2)c([N+](=O)[O-])c1. The Kier molecular flexibility index (Phi) is 6.16. The average molecular weight is 434 g/mol. The van der Waals surface area contributed by atoms with Gasteiger partial charge < -0.3 is 20.0 Å². The number of likely N-dealkylation sites (tertiary alicyclic amines) is 1. The van der Waals surface area contributed by atoms with Crippen LogP contribution in [0.2, 0.25) is 0 Å². The first-order chi connectivity index (χ1) is 15.5. The van der Waals surface area contributed by atoms with Crippen LogP contribution in [0.4, 0.5) is 17.1 Å². The summed E-state index contributed by atoms with van der Waals surface area (Å²) < 4.78 is 4.96. The fourth-order valence-electron chi connectivity index (χ4n) is 3.67. The monoisotopic (exact) mass is 434 g/mol. The maximum Gasteiger partial charge on any atom is 0.293 e. The highest BCUT2D eigenvalue weighted by Crippen LogP contribution is 2.29. The number of nitrogens with zero attached hydrogens (tertiary/aromatic N) is 2. The maximum atomic E-state index is 12.7. The van der Waals surface area contributed by atoms with Crippen LogP contribution >= 0.6 is 0 Å². The predicted molar refractivity (Wildman–Crippen MR) is 118 cm³/mol. The zero-order valence-electron chi connectivity index (χ0n) is 17.2. The second kappa shape index (κ2) is 9.34. The number of hydrogen-bond donors (Lipinski definition) is 2. The van der Waals surface area contributed by atoms with E-state index in [0.717, 1.165) is 0 Å². The molecule has 2 heterocycles. The van der Waals surface area contributed by atoms with Gasteiger partial charge in [0, 0.05) is 36.4 Å². The highest BCUT2D eigenvalue weighted by atomic mass is 16.6. The van der Waals surface area contributed by atoms with Crippen LogP contribution in [-0.2, 0) is 0 Å². The quantitative estimate of drug-likeness (QED) is 0.448. The lowest BCUT2D eigenvalue weighted by molar-refractivity contribution is -0.383. The van der Waals surface area contributed by atoms with E-state index in [1.54, 1.807) is 29.2 Å². The van der Waals surface area contributed by atoms with E-state index in [9.17, 15) is 19.7 Å². The largest absolute Gasteiger partial charge is 0.472 e. The molecule has 0 aliphatic carbocycles. The third kappa shape index (κ3) is 4.77. The van der Waals surface area contributed by atoms with Gasteiger partial charge in [-0.3, -0.25) is 19.7 Å². The van der Waals surface area contributed by atoms with Gasteiger partial charge in [-0.2, -0.15) is 0 Å². The molecule has 4 rings (SSSR count). The van der Waals surface area contributed by atoms with Crippen molar-refractivity contribution in [2.24, 2.45) is 0 Å². The number of hydrogen-bond acceptors (Lipinski definition) is 6. The number of nitrogens with one attached hydrogen (secondary N) is 2. The summed E-state index contributed by atoms with van der Waals surface area (Å²) in [6.07, 6.45) is 4.08. The minimum absolute atomic E-state index is 0.0966. The van der Waals surface area contributed by atoms with E-state index in [1.807, 2.05) is 18.2 Å². The van der Waals surface area contributed by atoms with Gasteiger partial charge in [0.25, 0.3) is 17.5 Å². The summed E-state index contributed by atoms with van der Waals surface area (Å²) in [5.41, 5.74) is 1.56. The molecule has 0 spiro atoms. The van der Waals surface area contributed by atoms with Gasteiger partial charge in [-0.25, -0.2) is 0 Å². The molecule has 1 aromatic heterocycles. The maximum absolute atomic E-state index is 12.7. The molecular weight excluding hydrogens is 412 g/mol. The molecule has 0 radical (unpaired) electrons. The molecule has 0 saturated carbocycles. The van der Waals surface area contributed by atoms with Gasteiger partial charge in [0.2, 0.25) is 0 Å². The van der Waals surface area contributed by atoms with E-state index < -0.39 is 4.92 Å². The molecule has 32 heavy (non-hydrogen) atoms. The number of carbonyl (C=O) groups excluding carboxylic acids is 2. The van der Waals surface area contributed by atoms with Crippen molar-refractivity contribution in [1.82, 2.24) is 10.2 Å². The first-order valence-electron chi connectivity index (χ1n) is 10.2. The Bertz CT molecular complexity index is 1110. The van der Waals surface area contributed by atoms with E-state index in [4.69, 9.17) is 4.42 Å². The summed E-state index contributed by atoms with van der Waals surface area (Å²) in [5.74, 6) is -0.473. The normalized spacial score (nSPS) is 14.1. The Morgan fingerprint density at radius 3 is 2.44 bits per heavy atom. The molecule has 1 saturated heterocycles. The predicted octanol–water partition coefficient (Wildman–Crippen LogP) is 3.97. The van der Waals surface area contributed by atoms with Crippen molar-refractivity contribution >= 4 is 28.9 Å². The topological polar surface area (TPSA) is 118 Å². The van der Waals surface area contributed by atoms with Gasteiger partial charge in [0.15, 0.2) is 0 Å². The van der Waals surface area contributed by atoms with Gasteiger partial charge >= 0.3 is 0 Å². The lowest BCUT2D eigenvalue weighted by Crippen LogP contribution is -2.46. The number of nitro groups is 1. The second-order valence-corrected chi connectivity index (χ2v) is 7.53. The Morgan fingerprint density at radius 2 is 1.78 bits per heavy atom. The molecule has 0 bridgehead atoms. The minimum atomic E-state index is -0.512. The number of anilines is 2. The Balaban J connectivity index is 1.38. The molecule has 1 aliphatic heterocycles. The number of benzene rings is 2. The van der Waals surface area contributed by atoms with Crippen molar-refractivity contribution in [3.63, 3.8) is 0 Å². The third-order valence-corrected chi connectivity index (χ3v) is 5.39. The zero-order valence-corrected chi connectivity index (χ0v) is 17.2. The summed E-state index contributed by atoms with van der Waals surface area (Å²) >= 11 is 0. The summed E-state index contributed by atoms with van der Waals surface area (Å²) in [7, 11) is 0. The van der Waals surface area contributed by atoms with Crippen LogP contribution in [0.25, 0.3) is 0 Å². The van der Waals surface area contributed by atoms with Crippen LogP contribution in [0.3, 0.4) is 0 Å². The third-order valence-electron chi connectivity index (χ3n) is 5.39. The van der Waals surface area contributed by atoms with Crippen molar-refractivity contribution in [1.29, 1.82) is 0 Å². The fraction of sp³-hybridized carbons (Fsp3) is 0.217. The molecule has 9 heteroatoms. The lowest BCUT2D eigenvalue weighted by atomic mass is 10.0. The highest BCUT2D eigenvalue weighted by molar-refractivity contribution is 5.96. The number of carbonyl (C=O) groups is 2. The standard InChI is InChI=1S/C23H22N4O5/c28-22(25-19-8-11-26(12-9-19)23(29)17-10-13-32-15-17)16-6-7-20(21(14-16)27(30)31)24-18-4-2-1-3-5-18/h1-7,10,13-15,19,24H,8-9,11-12H2,(H,25,28). The van der Waals surface area contributed by atoms with Gasteiger partial charge in [-0.05, 0) is 43.2 Å². The number of piperidine rings is 1. The van der Waals surface area contributed by atoms with Crippen LogP contribution < -0.4 is 10.6 Å². The van der Waals surface area contributed by atoms with E-state index in [1.165, 1.54) is 24.7 Å². The Labute approximate surface area is 184 Å². The zero-order chi connectivity index (χ0) is 22.5.